The van der Waals surface area contributed by atoms with Crippen molar-refractivity contribution in [3.63, 3.8) is 0 Å². The summed E-state index contributed by atoms with van der Waals surface area (Å²) in [6.45, 7) is 2.13. The zero-order chi connectivity index (χ0) is 21.3. The lowest BCUT2D eigenvalue weighted by Crippen LogP contribution is -2.42. The molecule has 0 atom stereocenters. The summed E-state index contributed by atoms with van der Waals surface area (Å²) in [5.74, 6) is -0.436. The molecule has 0 aliphatic carbocycles. The quantitative estimate of drug-likeness (QED) is 0.569. The van der Waals surface area contributed by atoms with Crippen LogP contribution in [0, 0.1) is 5.82 Å². The Morgan fingerprint density at radius 1 is 1.13 bits per heavy atom. The third-order valence-electron chi connectivity index (χ3n) is 4.28. The number of nitrogens with zero attached hydrogens (tertiary/aromatic N) is 5. The first-order valence-electron chi connectivity index (χ1n) is 9.30. The number of tetrazole rings is 1. The molecule has 0 aliphatic heterocycles. The molecule has 0 radical (unpaired) electrons. The molecule has 0 fully saturated rings. The topological polar surface area (TPSA) is 102 Å². The number of nitrogens with one attached hydrogen (secondary N) is 1. The first-order chi connectivity index (χ1) is 14.5. The van der Waals surface area contributed by atoms with E-state index in [-0.39, 0.29) is 37.3 Å². The Morgan fingerprint density at radius 2 is 1.87 bits per heavy atom. The fraction of sp³-hybridized carbons (Fsp3) is 0.250. The number of aromatic nitrogens is 4. The van der Waals surface area contributed by atoms with Gasteiger partial charge < -0.3 is 15.0 Å². The standard InChI is InChI=1S/C20H21FN6O3/c1-2-26(12-19(28)22-11-15-3-5-16(21)6-4-15)20(29)13-30-18-9-7-17(8-10-18)27-14-23-24-25-27/h3-10,14H,2,11-13H2,1H3,(H,22,28). The van der Waals surface area contributed by atoms with Gasteiger partial charge in [-0.15, -0.1) is 5.10 Å². The Morgan fingerprint density at radius 3 is 2.50 bits per heavy atom. The Kier molecular flexibility index (Phi) is 7.04. The van der Waals surface area contributed by atoms with Crippen molar-refractivity contribution in [1.82, 2.24) is 30.4 Å². The van der Waals surface area contributed by atoms with Crippen LogP contribution in [0.1, 0.15) is 12.5 Å². The zero-order valence-electron chi connectivity index (χ0n) is 16.4. The number of carbonyl (C=O) groups is 2. The number of likely N-dealkylation sites (N-methyl/N-ethyl adjacent to an activating group) is 1. The van der Waals surface area contributed by atoms with Crippen LogP contribution in [0.4, 0.5) is 4.39 Å². The fourth-order valence-corrected chi connectivity index (χ4v) is 2.62. The van der Waals surface area contributed by atoms with Crippen molar-refractivity contribution in [3.05, 3.63) is 66.2 Å². The van der Waals surface area contributed by atoms with Gasteiger partial charge in [0.2, 0.25) is 5.91 Å². The van der Waals surface area contributed by atoms with Crippen LogP contribution in [-0.2, 0) is 16.1 Å². The molecular formula is C20H21FN6O3. The van der Waals surface area contributed by atoms with Gasteiger partial charge in [-0.3, -0.25) is 9.59 Å². The van der Waals surface area contributed by atoms with Crippen molar-refractivity contribution in [3.8, 4) is 11.4 Å². The molecule has 0 saturated heterocycles. The number of ether oxygens (including phenoxy) is 1. The fourth-order valence-electron chi connectivity index (χ4n) is 2.62. The van der Waals surface area contributed by atoms with Crippen LogP contribution in [0.2, 0.25) is 0 Å². The van der Waals surface area contributed by atoms with E-state index in [9.17, 15) is 14.0 Å². The Labute approximate surface area is 172 Å². The van der Waals surface area contributed by atoms with Crippen molar-refractivity contribution < 1.29 is 18.7 Å². The summed E-state index contributed by atoms with van der Waals surface area (Å²) in [5, 5.41) is 13.6. The lowest BCUT2D eigenvalue weighted by molar-refractivity contribution is -0.137. The molecule has 1 heterocycles. The molecule has 9 nitrogen and oxygen atoms in total. The lowest BCUT2D eigenvalue weighted by atomic mass is 10.2. The molecule has 10 heteroatoms. The third kappa shape index (κ3) is 5.84. The molecule has 30 heavy (non-hydrogen) atoms. The monoisotopic (exact) mass is 412 g/mol. The highest BCUT2D eigenvalue weighted by atomic mass is 19.1. The molecule has 2 aromatic carbocycles. The van der Waals surface area contributed by atoms with E-state index in [1.807, 2.05) is 0 Å². The van der Waals surface area contributed by atoms with E-state index in [2.05, 4.69) is 20.8 Å². The average molecular weight is 412 g/mol. The summed E-state index contributed by atoms with van der Waals surface area (Å²) in [7, 11) is 0. The lowest BCUT2D eigenvalue weighted by Gasteiger charge is -2.20. The molecule has 0 aliphatic rings. The molecule has 0 unspecified atom stereocenters. The number of amides is 2. The number of halogens is 1. The minimum atomic E-state index is -0.335. The highest BCUT2D eigenvalue weighted by Crippen LogP contribution is 2.14. The van der Waals surface area contributed by atoms with Crippen LogP contribution >= 0.6 is 0 Å². The van der Waals surface area contributed by atoms with Crippen LogP contribution in [0.25, 0.3) is 5.69 Å². The van der Waals surface area contributed by atoms with Crippen molar-refractivity contribution in [1.29, 1.82) is 0 Å². The molecular weight excluding hydrogens is 391 g/mol. The zero-order valence-corrected chi connectivity index (χ0v) is 16.4. The Balaban J connectivity index is 1.45. The molecule has 1 aromatic heterocycles. The van der Waals surface area contributed by atoms with Gasteiger partial charge in [0.15, 0.2) is 6.61 Å². The van der Waals surface area contributed by atoms with E-state index in [1.54, 1.807) is 43.3 Å². The second-order valence-corrected chi connectivity index (χ2v) is 6.35. The van der Waals surface area contributed by atoms with E-state index >= 15 is 0 Å². The second kappa shape index (κ2) is 10.1. The summed E-state index contributed by atoms with van der Waals surface area (Å²) in [6, 6.07) is 12.8. The third-order valence-corrected chi connectivity index (χ3v) is 4.28. The average Bonchev–Trinajstić information content (AvgIpc) is 3.31. The minimum absolute atomic E-state index is 0.0852. The number of benzene rings is 2. The maximum absolute atomic E-state index is 12.9. The molecule has 1 N–H and O–H groups in total. The van der Waals surface area contributed by atoms with Crippen molar-refractivity contribution in [2.75, 3.05) is 19.7 Å². The van der Waals surface area contributed by atoms with Gasteiger partial charge >= 0.3 is 0 Å². The van der Waals surface area contributed by atoms with Gasteiger partial charge in [-0.1, -0.05) is 12.1 Å². The minimum Gasteiger partial charge on any atom is -0.484 e. The summed E-state index contributed by atoms with van der Waals surface area (Å²) in [4.78, 5) is 25.9. The van der Waals surface area contributed by atoms with E-state index in [0.717, 1.165) is 11.3 Å². The van der Waals surface area contributed by atoms with Gasteiger partial charge in [0.05, 0.1) is 12.2 Å². The summed E-state index contributed by atoms with van der Waals surface area (Å²) < 4.78 is 19.9. The van der Waals surface area contributed by atoms with E-state index in [0.29, 0.717) is 12.3 Å². The highest BCUT2D eigenvalue weighted by Gasteiger charge is 2.16. The molecule has 0 bridgehead atoms. The molecule has 0 spiro atoms. The Hall–Kier alpha value is -3.82. The Bertz CT molecular complexity index is 961. The predicted molar refractivity (Wildman–Crippen MR) is 105 cm³/mol. The van der Waals surface area contributed by atoms with Crippen molar-refractivity contribution in [2.24, 2.45) is 0 Å². The first kappa shape index (κ1) is 20.9. The molecule has 0 saturated carbocycles. The van der Waals surface area contributed by atoms with Gasteiger partial charge in [-0.05, 0) is 59.3 Å². The second-order valence-electron chi connectivity index (χ2n) is 6.35. The highest BCUT2D eigenvalue weighted by molar-refractivity contribution is 5.85. The van der Waals surface area contributed by atoms with Gasteiger partial charge in [-0.25, -0.2) is 9.07 Å². The number of hydrogen-bond acceptors (Lipinski definition) is 6. The smallest absolute Gasteiger partial charge is 0.260 e. The van der Waals surface area contributed by atoms with E-state index < -0.39 is 0 Å². The van der Waals surface area contributed by atoms with Crippen LogP contribution in [-0.4, -0.2) is 56.6 Å². The summed E-state index contributed by atoms with van der Waals surface area (Å²) in [6.07, 6.45) is 1.47. The van der Waals surface area contributed by atoms with Crippen LogP contribution < -0.4 is 10.1 Å². The number of hydrogen-bond donors (Lipinski definition) is 1. The number of carbonyl (C=O) groups excluding carboxylic acids is 2. The maximum Gasteiger partial charge on any atom is 0.260 e. The van der Waals surface area contributed by atoms with Crippen LogP contribution in [0.15, 0.2) is 54.9 Å². The van der Waals surface area contributed by atoms with E-state index in [1.165, 1.54) is 28.0 Å². The van der Waals surface area contributed by atoms with Gasteiger partial charge in [0.1, 0.15) is 17.9 Å². The maximum atomic E-state index is 12.9. The van der Waals surface area contributed by atoms with Gasteiger partial charge in [0, 0.05) is 13.1 Å². The molecule has 2 amide bonds. The van der Waals surface area contributed by atoms with Crippen LogP contribution in [0.5, 0.6) is 5.75 Å². The van der Waals surface area contributed by atoms with Gasteiger partial charge in [0.25, 0.3) is 5.91 Å². The largest absolute Gasteiger partial charge is 0.484 e. The predicted octanol–water partition coefficient (Wildman–Crippen LogP) is 1.35. The SMILES string of the molecule is CCN(CC(=O)NCc1ccc(F)cc1)C(=O)COc1ccc(-n2cnnn2)cc1. The van der Waals surface area contributed by atoms with Crippen molar-refractivity contribution >= 4 is 11.8 Å². The molecule has 3 aromatic rings. The first-order valence-corrected chi connectivity index (χ1v) is 9.30. The van der Waals surface area contributed by atoms with E-state index in [4.69, 9.17) is 4.74 Å². The normalized spacial score (nSPS) is 10.5. The van der Waals surface area contributed by atoms with Gasteiger partial charge in [-0.2, -0.15) is 0 Å². The molecule has 3 rings (SSSR count). The van der Waals surface area contributed by atoms with Crippen LogP contribution in [0.3, 0.4) is 0 Å². The molecule has 156 valence electrons. The summed E-state index contributed by atoms with van der Waals surface area (Å²) in [5.41, 5.74) is 1.53. The van der Waals surface area contributed by atoms with Crippen molar-refractivity contribution in [2.45, 2.75) is 13.5 Å². The summed E-state index contributed by atoms with van der Waals surface area (Å²) >= 11 is 0. The number of rotatable bonds is 9.